The predicted molar refractivity (Wildman–Crippen MR) is 75.7 cm³/mol. The second kappa shape index (κ2) is 7.47. The molecule has 1 aliphatic rings. The maximum Gasteiger partial charge on any atom is 0.317 e. The highest BCUT2D eigenvalue weighted by Gasteiger charge is 2.26. The molecule has 1 fully saturated rings. The number of likely N-dealkylation sites (tertiary alicyclic amines) is 1. The van der Waals surface area contributed by atoms with E-state index in [2.05, 4.69) is 5.32 Å². The second-order valence-electron chi connectivity index (χ2n) is 6.13. The minimum absolute atomic E-state index is 0.0569. The first-order valence-corrected chi connectivity index (χ1v) is 7.11. The van der Waals surface area contributed by atoms with E-state index in [0.717, 1.165) is 19.4 Å². The van der Waals surface area contributed by atoms with Gasteiger partial charge in [-0.15, -0.1) is 0 Å². The summed E-state index contributed by atoms with van der Waals surface area (Å²) in [6, 6.07) is -0.0569. The van der Waals surface area contributed by atoms with Gasteiger partial charge in [-0.1, -0.05) is 13.8 Å². The van der Waals surface area contributed by atoms with Crippen molar-refractivity contribution in [2.45, 2.75) is 45.6 Å². The van der Waals surface area contributed by atoms with Crippen molar-refractivity contribution in [3.63, 3.8) is 0 Å². The highest BCUT2D eigenvalue weighted by Crippen LogP contribution is 2.26. The fraction of sp³-hybridized carbons (Fsp3) is 0.857. The number of nitrogens with zero attached hydrogens (tertiary/aromatic N) is 1. The summed E-state index contributed by atoms with van der Waals surface area (Å²) >= 11 is 0. The molecule has 0 aromatic carbocycles. The number of aliphatic carboxylic acids is 1. The van der Waals surface area contributed by atoms with E-state index in [1.165, 1.54) is 0 Å². The van der Waals surface area contributed by atoms with Crippen LogP contribution in [0.2, 0.25) is 0 Å². The molecule has 0 saturated carbocycles. The Morgan fingerprint density at radius 3 is 2.65 bits per heavy atom. The summed E-state index contributed by atoms with van der Waals surface area (Å²) in [5.41, 5.74) is -0.0776. The monoisotopic (exact) mass is 286 g/mol. The van der Waals surface area contributed by atoms with E-state index in [1.807, 2.05) is 13.8 Å². The van der Waals surface area contributed by atoms with Crippen LogP contribution in [0.15, 0.2) is 0 Å². The Bertz CT molecular complexity index is 344. The topological polar surface area (TPSA) is 78.9 Å². The first kappa shape index (κ1) is 16.8. The lowest BCUT2D eigenvalue weighted by atomic mass is 9.84. The first-order valence-electron chi connectivity index (χ1n) is 7.11. The molecule has 1 rings (SSSR count). The van der Waals surface area contributed by atoms with Crippen LogP contribution in [0.25, 0.3) is 0 Å². The zero-order chi connectivity index (χ0) is 15.2. The molecule has 0 aromatic rings. The molecule has 1 aliphatic heterocycles. The molecule has 6 nitrogen and oxygen atoms in total. The molecule has 20 heavy (non-hydrogen) atoms. The van der Waals surface area contributed by atoms with Gasteiger partial charge in [-0.05, 0) is 24.7 Å². The maximum absolute atomic E-state index is 11.9. The highest BCUT2D eigenvalue weighted by atomic mass is 16.5. The first-order chi connectivity index (χ1) is 9.34. The average molecular weight is 286 g/mol. The number of ether oxygens (including phenoxy) is 1. The fourth-order valence-corrected chi connectivity index (χ4v) is 2.30. The summed E-state index contributed by atoms with van der Waals surface area (Å²) in [5, 5.41) is 11.6. The van der Waals surface area contributed by atoms with Crippen LogP contribution in [0.1, 0.15) is 39.5 Å². The van der Waals surface area contributed by atoms with Crippen molar-refractivity contribution in [1.29, 1.82) is 0 Å². The largest absolute Gasteiger partial charge is 0.481 e. The lowest BCUT2D eigenvalue weighted by Gasteiger charge is -2.25. The third kappa shape index (κ3) is 5.77. The van der Waals surface area contributed by atoms with Gasteiger partial charge in [-0.3, -0.25) is 4.79 Å². The molecule has 1 unspecified atom stereocenters. The van der Waals surface area contributed by atoms with Crippen LogP contribution in [-0.2, 0) is 9.53 Å². The Hall–Kier alpha value is -1.30. The number of hydrogen-bond donors (Lipinski definition) is 2. The van der Waals surface area contributed by atoms with Crippen molar-refractivity contribution in [2.24, 2.45) is 5.41 Å². The lowest BCUT2D eigenvalue weighted by Crippen LogP contribution is -2.40. The fourth-order valence-electron chi connectivity index (χ4n) is 2.30. The van der Waals surface area contributed by atoms with Gasteiger partial charge in [-0.25, -0.2) is 4.79 Å². The molecule has 1 heterocycles. The van der Waals surface area contributed by atoms with Gasteiger partial charge in [-0.2, -0.15) is 0 Å². The molecule has 0 aromatic heterocycles. The molecular formula is C14H26N2O4. The number of carboxylic acids is 1. The maximum atomic E-state index is 11.9. The van der Waals surface area contributed by atoms with Gasteiger partial charge in [0.2, 0.25) is 0 Å². The van der Waals surface area contributed by atoms with E-state index >= 15 is 0 Å². The van der Waals surface area contributed by atoms with Crippen molar-refractivity contribution in [3.05, 3.63) is 0 Å². The minimum atomic E-state index is -0.773. The minimum Gasteiger partial charge on any atom is -0.481 e. The van der Waals surface area contributed by atoms with Gasteiger partial charge in [0.05, 0.1) is 6.10 Å². The Kier molecular flexibility index (Phi) is 6.26. The smallest absolute Gasteiger partial charge is 0.317 e. The van der Waals surface area contributed by atoms with Crippen LogP contribution in [0, 0.1) is 5.41 Å². The number of amides is 2. The van der Waals surface area contributed by atoms with Gasteiger partial charge in [0.15, 0.2) is 0 Å². The van der Waals surface area contributed by atoms with Gasteiger partial charge in [0.25, 0.3) is 0 Å². The van der Waals surface area contributed by atoms with E-state index in [9.17, 15) is 9.59 Å². The Morgan fingerprint density at radius 2 is 2.10 bits per heavy atom. The Morgan fingerprint density at radius 1 is 1.40 bits per heavy atom. The number of rotatable bonds is 7. The molecule has 1 saturated heterocycles. The predicted octanol–water partition coefficient (Wildman–Crippen LogP) is 1.70. The van der Waals surface area contributed by atoms with Crippen molar-refractivity contribution in [3.8, 4) is 0 Å². The number of urea groups is 1. The summed E-state index contributed by atoms with van der Waals surface area (Å²) in [5.74, 6) is -0.773. The van der Waals surface area contributed by atoms with Gasteiger partial charge in [0, 0.05) is 33.2 Å². The van der Waals surface area contributed by atoms with Crippen LogP contribution in [0.3, 0.4) is 0 Å². The number of carboxylic acid groups (broad SMARTS) is 1. The SMILES string of the molecule is COC1CCN(C(=O)NCCC(C)(C)CCC(=O)O)C1. The Balaban J connectivity index is 2.23. The van der Waals surface area contributed by atoms with Crippen molar-refractivity contribution >= 4 is 12.0 Å². The zero-order valence-corrected chi connectivity index (χ0v) is 12.6. The normalized spacial score (nSPS) is 19.1. The van der Waals surface area contributed by atoms with E-state index in [0.29, 0.717) is 19.5 Å². The molecule has 116 valence electrons. The molecule has 0 bridgehead atoms. The van der Waals surface area contributed by atoms with Crippen LogP contribution < -0.4 is 5.32 Å². The zero-order valence-electron chi connectivity index (χ0n) is 12.6. The van der Waals surface area contributed by atoms with E-state index in [4.69, 9.17) is 9.84 Å². The van der Waals surface area contributed by atoms with Crippen LogP contribution in [-0.4, -0.2) is 54.9 Å². The highest BCUT2D eigenvalue weighted by molar-refractivity contribution is 5.74. The summed E-state index contributed by atoms with van der Waals surface area (Å²) in [6.45, 7) is 5.99. The standard InChI is InChI=1S/C14H26N2O4/c1-14(2,6-4-12(17)18)7-8-15-13(19)16-9-5-11(10-16)20-3/h11H,4-10H2,1-3H3,(H,15,19)(H,17,18). The molecule has 0 spiro atoms. The molecule has 2 amide bonds. The van der Waals surface area contributed by atoms with E-state index in [-0.39, 0.29) is 24.0 Å². The Labute approximate surface area is 120 Å². The van der Waals surface area contributed by atoms with Gasteiger partial charge >= 0.3 is 12.0 Å². The van der Waals surface area contributed by atoms with Gasteiger partial charge < -0.3 is 20.1 Å². The molecule has 1 atom stereocenters. The number of carbonyl (C=O) groups excluding carboxylic acids is 1. The number of carbonyl (C=O) groups is 2. The quantitative estimate of drug-likeness (QED) is 0.746. The van der Waals surface area contributed by atoms with Crippen molar-refractivity contribution in [1.82, 2.24) is 10.2 Å². The van der Waals surface area contributed by atoms with Crippen LogP contribution in [0.5, 0.6) is 0 Å². The molecular weight excluding hydrogens is 260 g/mol. The molecule has 0 radical (unpaired) electrons. The number of methoxy groups -OCH3 is 1. The third-order valence-corrected chi connectivity index (χ3v) is 3.86. The molecule has 2 N–H and O–H groups in total. The van der Waals surface area contributed by atoms with Crippen LogP contribution in [0.4, 0.5) is 4.79 Å². The summed E-state index contributed by atoms with van der Waals surface area (Å²) in [6.07, 6.45) is 2.59. The lowest BCUT2D eigenvalue weighted by molar-refractivity contribution is -0.137. The summed E-state index contributed by atoms with van der Waals surface area (Å²) in [4.78, 5) is 24.3. The van der Waals surface area contributed by atoms with Gasteiger partial charge in [0.1, 0.15) is 0 Å². The third-order valence-electron chi connectivity index (χ3n) is 3.86. The molecule has 0 aliphatic carbocycles. The van der Waals surface area contributed by atoms with E-state index < -0.39 is 5.97 Å². The molecule has 6 heteroatoms. The van der Waals surface area contributed by atoms with Crippen molar-refractivity contribution < 1.29 is 19.4 Å². The van der Waals surface area contributed by atoms with Crippen LogP contribution >= 0.6 is 0 Å². The number of hydrogen-bond acceptors (Lipinski definition) is 3. The van der Waals surface area contributed by atoms with E-state index in [1.54, 1.807) is 12.0 Å². The summed E-state index contributed by atoms with van der Waals surface area (Å²) in [7, 11) is 1.66. The number of nitrogens with one attached hydrogen (secondary N) is 1. The average Bonchev–Trinajstić information content (AvgIpc) is 2.85. The second-order valence-corrected chi connectivity index (χ2v) is 6.13. The summed E-state index contributed by atoms with van der Waals surface area (Å²) < 4.78 is 5.23. The van der Waals surface area contributed by atoms with Crippen molar-refractivity contribution in [2.75, 3.05) is 26.7 Å².